The van der Waals surface area contributed by atoms with Crippen LogP contribution < -0.4 is 0 Å². The fraction of sp³-hybridized carbons (Fsp3) is 0.333. The van der Waals surface area contributed by atoms with Gasteiger partial charge in [0, 0.05) is 23.0 Å². The minimum Gasteiger partial charge on any atom is -0.508 e. The van der Waals surface area contributed by atoms with Gasteiger partial charge in [-0.3, -0.25) is 0 Å². The maximum atomic E-state index is 11.5. The van der Waals surface area contributed by atoms with Crippen LogP contribution in [-0.4, -0.2) is 15.3 Å². The average Bonchev–Trinajstić information content (AvgIpc) is 2.68. The van der Waals surface area contributed by atoms with Crippen molar-refractivity contribution in [1.29, 1.82) is 0 Å². The highest BCUT2D eigenvalue weighted by Gasteiger charge is 2.31. The van der Waals surface area contributed by atoms with Gasteiger partial charge < -0.3 is 15.3 Å². The van der Waals surface area contributed by atoms with Gasteiger partial charge in [0.05, 0.1) is 3.57 Å². The number of phenols is 3. The minimum absolute atomic E-state index is 0.279. The number of phenolic OH excluding ortho intramolecular Hbond substituents is 3. The second-order valence-corrected chi connectivity index (χ2v) is 10.3. The number of hydrogen-bond acceptors (Lipinski definition) is 3. The molecule has 3 N–H and O–H groups in total. The monoisotopic (exact) mass is 530 g/mol. The molecule has 0 saturated carbocycles. The third-order valence-electron chi connectivity index (χ3n) is 6.61. The Kier molecular flexibility index (Phi) is 6.34. The number of benzene rings is 3. The molecule has 0 atom stereocenters. The normalized spacial score (nSPS) is 11.7. The van der Waals surface area contributed by atoms with Crippen LogP contribution in [0.1, 0.15) is 63.9 Å². The number of aromatic hydroxyl groups is 3. The standard InChI is InChI=1S/C27H31IO3/c1-14-9-22(27(6,7)21-13-23(28)25(30)11-16(21)3)26(31)20(18(14)5)12-19-8-17(4)24(29)10-15(19)2/h8-11,13,29-31H,12H2,1-7H3. The molecule has 3 aromatic carbocycles. The summed E-state index contributed by atoms with van der Waals surface area (Å²) in [6, 6.07) is 9.68. The highest BCUT2D eigenvalue weighted by molar-refractivity contribution is 14.1. The molecule has 164 valence electrons. The molecular formula is C27H31IO3. The lowest BCUT2D eigenvalue weighted by atomic mass is 9.74. The summed E-state index contributed by atoms with van der Waals surface area (Å²) >= 11 is 2.14. The van der Waals surface area contributed by atoms with Crippen LogP contribution in [-0.2, 0) is 11.8 Å². The van der Waals surface area contributed by atoms with Gasteiger partial charge in [0.1, 0.15) is 17.2 Å². The lowest BCUT2D eigenvalue weighted by molar-refractivity contribution is 0.445. The molecule has 0 amide bonds. The second kappa shape index (κ2) is 8.38. The van der Waals surface area contributed by atoms with Crippen molar-refractivity contribution < 1.29 is 15.3 Å². The highest BCUT2D eigenvalue weighted by atomic mass is 127. The van der Waals surface area contributed by atoms with Crippen LogP contribution >= 0.6 is 22.6 Å². The van der Waals surface area contributed by atoms with E-state index in [1.165, 1.54) is 0 Å². The Labute approximate surface area is 198 Å². The molecular weight excluding hydrogens is 499 g/mol. The third-order valence-corrected chi connectivity index (χ3v) is 7.47. The largest absolute Gasteiger partial charge is 0.508 e. The lowest BCUT2D eigenvalue weighted by Gasteiger charge is -2.31. The summed E-state index contributed by atoms with van der Waals surface area (Å²) in [6.07, 6.45) is 0.599. The van der Waals surface area contributed by atoms with Gasteiger partial charge in [0.25, 0.3) is 0 Å². The molecule has 0 bridgehead atoms. The van der Waals surface area contributed by atoms with Crippen molar-refractivity contribution in [1.82, 2.24) is 0 Å². The second-order valence-electron chi connectivity index (χ2n) is 9.18. The Bertz CT molecular complexity index is 1180. The first-order valence-corrected chi connectivity index (χ1v) is 11.5. The molecule has 0 heterocycles. The summed E-state index contributed by atoms with van der Waals surface area (Å²) in [7, 11) is 0. The molecule has 0 aromatic heterocycles. The fourth-order valence-electron chi connectivity index (χ4n) is 4.39. The molecule has 3 aromatic rings. The van der Waals surface area contributed by atoms with Gasteiger partial charge >= 0.3 is 0 Å². The Hall–Kier alpha value is -2.21. The van der Waals surface area contributed by atoms with Crippen LogP contribution in [0.4, 0.5) is 0 Å². The average molecular weight is 530 g/mol. The molecule has 0 radical (unpaired) electrons. The van der Waals surface area contributed by atoms with E-state index in [1.807, 2.05) is 32.9 Å². The first-order valence-electron chi connectivity index (χ1n) is 10.5. The molecule has 0 aliphatic rings. The zero-order valence-corrected chi connectivity index (χ0v) is 21.5. The van der Waals surface area contributed by atoms with E-state index in [1.54, 1.807) is 12.1 Å². The van der Waals surface area contributed by atoms with Gasteiger partial charge in [-0.15, -0.1) is 0 Å². The zero-order chi connectivity index (χ0) is 23.2. The molecule has 0 unspecified atom stereocenters. The minimum atomic E-state index is -0.449. The topological polar surface area (TPSA) is 60.7 Å². The van der Waals surface area contributed by atoms with Crippen LogP contribution in [0.15, 0.2) is 30.3 Å². The van der Waals surface area contributed by atoms with Crippen LogP contribution in [0.25, 0.3) is 0 Å². The van der Waals surface area contributed by atoms with Gasteiger partial charge in [0.2, 0.25) is 0 Å². The number of aryl methyl sites for hydroxylation is 4. The number of halogens is 1. The Morgan fingerprint density at radius 2 is 1.32 bits per heavy atom. The summed E-state index contributed by atoms with van der Waals surface area (Å²) in [6.45, 7) is 14.2. The molecule has 0 aliphatic heterocycles. The first kappa shape index (κ1) is 23.5. The summed E-state index contributed by atoms with van der Waals surface area (Å²) in [5.41, 5.74) is 8.57. The predicted molar refractivity (Wildman–Crippen MR) is 136 cm³/mol. The van der Waals surface area contributed by atoms with Gasteiger partial charge in [-0.1, -0.05) is 26.0 Å². The molecule has 0 saturated heterocycles. The van der Waals surface area contributed by atoms with E-state index >= 15 is 0 Å². The maximum Gasteiger partial charge on any atom is 0.129 e. The van der Waals surface area contributed by atoms with Gasteiger partial charge in [-0.25, -0.2) is 0 Å². The van der Waals surface area contributed by atoms with Crippen molar-refractivity contribution in [2.75, 3.05) is 0 Å². The van der Waals surface area contributed by atoms with Crippen molar-refractivity contribution in [2.45, 2.75) is 60.3 Å². The van der Waals surface area contributed by atoms with Crippen molar-refractivity contribution in [3.05, 3.63) is 84.0 Å². The summed E-state index contributed by atoms with van der Waals surface area (Å²) in [4.78, 5) is 0. The zero-order valence-electron chi connectivity index (χ0n) is 19.3. The van der Waals surface area contributed by atoms with Crippen LogP contribution in [0.3, 0.4) is 0 Å². The van der Waals surface area contributed by atoms with E-state index in [-0.39, 0.29) is 5.75 Å². The Morgan fingerprint density at radius 1 is 0.710 bits per heavy atom. The van der Waals surface area contributed by atoms with Crippen molar-refractivity contribution in [2.24, 2.45) is 0 Å². The molecule has 31 heavy (non-hydrogen) atoms. The SMILES string of the molecule is Cc1cc(Cc2c(C)c(C)cc(C(C)(C)c3cc(I)c(O)cc3C)c2O)c(C)cc1O. The Balaban J connectivity index is 2.19. The van der Waals surface area contributed by atoms with E-state index < -0.39 is 5.41 Å². The van der Waals surface area contributed by atoms with Gasteiger partial charge in [-0.05, 0) is 114 Å². The van der Waals surface area contributed by atoms with Crippen LogP contribution in [0.2, 0.25) is 0 Å². The number of hydrogen-bond donors (Lipinski definition) is 3. The van der Waals surface area contributed by atoms with Crippen molar-refractivity contribution in [3.8, 4) is 17.2 Å². The van der Waals surface area contributed by atoms with Gasteiger partial charge in [0.15, 0.2) is 0 Å². The molecule has 0 aliphatic carbocycles. The van der Waals surface area contributed by atoms with E-state index in [9.17, 15) is 15.3 Å². The summed E-state index contributed by atoms with van der Waals surface area (Å²) < 4.78 is 0.796. The summed E-state index contributed by atoms with van der Waals surface area (Å²) in [5.74, 6) is 0.896. The molecule has 3 rings (SSSR count). The quantitative estimate of drug-likeness (QED) is 0.323. The van der Waals surface area contributed by atoms with E-state index in [4.69, 9.17) is 0 Å². The Morgan fingerprint density at radius 3 is 1.97 bits per heavy atom. The number of rotatable bonds is 4. The smallest absolute Gasteiger partial charge is 0.129 e. The van der Waals surface area contributed by atoms with Crippen LogP contribution in [0.5, 0.6) is 17.2 Å². The van der Waals surface area contributed by atoms with E-state index in [2.05, 4.69) is 56.4 Å². The van der Waals surface area contributed by atoms with Crippen LogP contribution in [0, 0.1) is 38.2 Å². The first-order chi connectivity index (χ1) is 14.3. The summed E-state index contributed by atoms with van der Waals surface area (Å²) in [5, 5.41) is 31.6. The fourth-order valence-corrected chi connectivity index (χ4v) is 4.86. The van der Waals surface area contributed by atoms with E-state index in [0.29, 0.717) is 17.9 Å². The molecule has 0 fully saturated rings. The molecule has 0 spiro atoms. The molecule has 3 nitrogen and oxygen atoms in total. The lowest BCUT2D eigenvalue weighted by Crippen LogP contribution is -2.22. The van der Waals surface area contributed by atoms with E-state index in [0.717, 1.165) is 53.6 Å². The highest BCUT2D eigenvalue weighted by Crippen LogP contribution is 2.43. The van der Waals surface area contributed by atoms with Crippen molar-refractivity contribution >= 4 is 22.6 Å². The van der Waals surface area contributed by atoms with Gasteiger partial charge in [-0.2, -0.15) is 0 Å². The van der Waals surface area contributed by atoms with Crippen molar-refractivity contribution in [3.63, 3.8) is 0 Å². The maximum absolute atomic E-state index is 11.5. The predicted octanol–water partition coefficient (Wildman–Crippen LogP) is 6.87. The molecule has 4 heteroatoms. The third kappa shape index (κ3) is 4.27.